The average molecular weight is 217 g/mol. The third-order valence-electron chi connectivity index (χ3n) is 2.22. The Kier molecular flexibility index (Phi) is 3.52. The molecule has 0 atom stereocenters. The maximum absolute atomic E-state index is 11.0. The van der Waals surface area contributed by atoms with Gasteiger partial charge in [0.25, 0.3) is 0 Å². The van der Waals surface area contributed by atoms with Crippen LogP contribution in [0.3, 0.4) is 0 Å². The summed E-state index contributed by atoms with van der Waals surface area (Å²) in [5.74, 6) is -1.06. The first-order valence-corrected chi connectivity index (χ1v) is 4.84. The second kappa shape index (κ2) is 4.48. The van der Waals surface area contributed by atoms with Crippen LogP contribution in [0.4, 0.5) is 4.79 Å². The lowest BCUT2D eigenvalue weighted by atomic mass is 9.80. The third kappa shape index (κ3) is 2.82. The van der Waals surface area contributed by atoms with Gasteiger partial charge in [-0.2, -0.15) is 5.48 Å². The molecular weight excluding hydrogens is 202 g/mol. The topological polar surface area (TPSA) is 84.9 Å². The summed E-state index contributed by atoms with van der Waals surface area (Å²) in [5.41, 5.74) is 0.742. The van der Waals surface area contributed by atoms with Crippen molar-refractivity contribution in [1.82, 2.24) is 5.48 Å². The van der Waals surface area contributed by atoms with Crippen molar-refractivity contribution in [2.24, 2.45) is 0 Å². The molecule has 0 aromatic carbocycles. The van der Waals surface area contributed by atoms with E-state index in [-0.39, 0.29) is 6.10 Å². The molecule has 0 heterocycles. The van der Waals surface area contributed by atoms with Crippen molar-refractivity contribution in [3.63, 3.8) is 0 Å². The Morgan fingerprint density at radius 2 is 2.00 bits per heavy atom. The second-order valence-corrected chi connectivity index (χ2v) is 3.81. The van der Waals surface area contributed by atoms with E-state index >= 15 is 0 Å². The van der Waals surface area contributed by atoms with Gasteiger partial charge in [-0.3, -0.25) is 4.84 Å². The first-order valence-electron chi connectivity index (χ1n) is 4.84. The Morgan fingerprint density at radius 3 is 2.33 bits per heavy atom. The van der Waals surface area contributed by atoms with Crippen LogP contribution in [0, 0.1) is 0 Å². The van der Waals surface area contributed by atoms with Gasteiger partial charge in [-0.15, -0.1) is 0 Å². The zero-order valence-corrected chi connectivity index (χ0v) is 8.78. The molecule has 6 heteroatoms. The molecule has 15 heavy (non-hydrogen) atoms. The summed E-state index contributed by atoms with van der Waals surface area (Å²) in [5, 5.41) is 8.86. The van der Waals surface area contributed by atoms with Gasteiger partial charge >= 0.3 is 12.1 Å². The normalized spacial score (nSPS) is 18.1. The summed E-state index contributed by atoms with van der Waals surface area (Å²) >= 11 is 0. The lowest BCUT2D eigenvalue weighted by molar-refractivity contribution is -0.190. The minimum atomic E-state index is -1.25. The van der Waals surface area contributed by atoms with Crippen LogP contribution in [-0.4, -0.2) is 28.9 Å². The van der Waals surface area contributed by atoms with Gasteiger partial charge < -0.3 is 9.84 Å². The molecule has 0 radical (unpaired) electrons. The summed E-state index contributed by atoms with van der Waals surface area (Å²) in [6.45, 7) is 3.38. The van der Waals surface area contributed by atoms with Crippen molar-refractivity contribution in [3.8, 4) is 0 Å². The van der Waals surface area contributed by atoms with Crippen molar-refractivity contribution < 1.29 is 24.3 Å². The standard InChI is InChI=1S/C9H15NO5/c1-6(2)14-8(13)10-15-9(7(11)12)4-3-5-9/h6H,3-5H2,1-2H3,(H,10,13)(H,11,12). The number of hydrogen-bond donors (Lipinski definition) is 2. The molecule has 1 aliphatic carbocycles. The van der Waals surface area contributed by atoms with Gasteiger partial charge in [0.05, 0.1) is 6.10 Å². The first kappa shape index (κ1) is 11.8. The van der Waals surface area contributed by atoms with E-state index in [2.05, 4.69) is 0 Å². The van der Waals surface area contributed by atoms with Crippen LogP contribution >= 0.6 is 0 Å². The number of carboxylic acids is 1. The number of hydroxylamine groups is 1. The summed E-state index contributed by atoms with van der Waals surface area (Å²) < 4.78 is 4.73. The molecule has 0 saturated heterocycles. The van der Waals surface area contributed by atoms with E-state index in [0.717, 1.165) is 6.42 Å². The van der Waals surface area contributed by atoms with Gasteiger partial charge in [0.1, 0.15) is 0 Å². The van der Waals surface area contributed by atoms with Crippen LogP contribution in [-0.2, 0) is 14.4 Å². The van der Waals surface area contributed by atoms with E-state index in [9.17, 15) is 9.59 Å². The Morgan fingerprint density at radius 1 is 1.40 bits per heavy atom. The highest BCUT2D eigenvalue weighted by molar-refractivity contribution is 5.79. The number of rotatable bonds is 4. The lowest BCUT2D eigenvalue weighted by Gasteiger charge is -2.35. The van der Waals surface area contributed by atoms with Crippen LogP contribution in [0.15, 0.2) is 0 Å². The molecule has 86 valence electrons. The van der Waals surface area contributed by atoms with Crippen LogP contribution in [0.5, 0.6) is 0 Å². The van der Waals surface area contributed by atoms with Crippen molar-refractivity contribution in [3.05, 3.63) is 0 Å². The lowest BCUT2D eigenvalue weighted by Crippen LogP contribution is -2.52. The molecule has 0 spiro atoms. The quantitative estimate of drug-likeness (QED) is 0.688. The van der Waals surface area contributed by atoms with E-state index in [1.807, 2.05) is 5.48 Å². The molecule has 1 aliphatic rings. The first-order chi connectivity index (χ1) is 6.96. The average Bonchev–Trinajstić information content (AvgIpc) is 1.99. The van der Waals surface area contributed by atoms with Crippen LogP contribution in [0.2, 0.25) is 0 Å². The Bertz CT molecular complexity index is 259. The fourth-order valence-corrected chi connectivity index (χ4v) is 1.23. The maximum atomic E-state index is 11.0. The zero-order valence-electron chi connectivity index (χ0n) is 8.78. The molecule has 1 fully saturated rings. The maximum Gasteiger partial charge on any atom is 0.431 e. The number of hydrogen-bond acceptors (Lipinski definition) is 4. The predicted molar refractivity (Wildman–Crippen MR) is 50.1 cm³/mol. The molecule has 2 N–H and O–H groups in total. The number of aliphatic carboxylic acids is 1. The van der Waals surface area contributed by atoms with Crippen LogP contribution in [0.1, 0.15) is 33.1 Å². The van der Waals surface area contributed by atoms with E-state index in [1.165, 1.54) is 0 Å². The largest absolute Gasteiger partial charge is 0.479 e. The monoisotopic (exact) mass is 217 g/mol. The molecule has 0 aromatic rings. The summed E-state index contributed by atoms with van der Waals surface area (Å²) in [6.07, 6.45) is 0.565. The summed E-state index contributed by atoms with van der Waals surface area (Å²) in [6, 6.07) is 0. The molecule has 1 saturated carbocycles. The molecule has 0 aromatic heterocycles. The Labute approximate surface area is 87.5 Å². The number of carbonyl (C=O) groups is 2. The summed E-state index contributed by atoms with van der Waals surface area (Å²) in [4.78, 5) is 26.7. The third-order valence-corrected chi connectivity index (χ3v) is 2.22. The zero-order chi connectivity index (χ0) is 11.5. The number of ether oxygens (including phenoxy) is 1. The van der Waals surface area contributed by atoms with Crippen molar-refractivity contribution >= 4 is 12.1 Å². The highest BCUT2D eigenvalue weighted by atomic mass is 16.7. The Balaban J connectivity index is 2.35. The van der Waals surface area contributed by atoms with E-state index < -0.39 is 17.7 Å². The van der Waals surface area contributed by atoms with Crippen molar-refractivity contribution in [2.75, 3.05) is 0 Å². The molecule has 0 bridgehead atoms. The number of carboxylic acid groups (broad SMARTS) is 1. The minimum Gasteiger partial charge on any atom is -0.479 e. The predicted octanol–water partition coefficient (Wildman–Crippen LogP) is 1.06. The van der Waals surface area contributed by atoms with Crippen LogP contribution < -0.4 is 5.48 Å². The van der Waals surface area contributed by atoms with Gasteiger partial charge in [0.15, 0.2) is 5.60 Å². The Hall–Kier alpha value is -1.30. The molecule has 0 aliphatic heterocycles. The highest BCUT2D eigenvalue weighted by Crippen LogP contribution is 2.34. The number of carbonyl (C=O) groups excluding carboxylic acids is 1. The SMILES string of the molecule is CC(C)OC(=O)NOC1(C(=O)O)CCC1. The molecule has 1 rings (SSSR count). The highest BCUT2D eigenvalue weighted by Gasteiger charge is 2.47. The van der Waals surface area contributed by atoms with Gasteiger partial charge in [0.2, 0.25) is 0 Å². The summed E-state index contributed by atoms with van der Waals surface area (Å²) in [7, 11) is 0. The van der Waals surface area contributed by atoms with E-state index in [1.54, 1.807) is 13.8 Å². The molecule has 1 amide bonds. The number of nitrogens with one attached hydrogen (secondary N) is 1. The molecular formula is C9H15NO5. The van der Waals surface area contributed by atoms with Gasteiger partial charge in [-0.25, -0.2) is 9.59 Å². The van der Waals surface area contributed by atoms with Gasteiger partial charge in [-0.05, 0) is 33.1 Å². The van der Waals surface area contributed by atoms with Gasteiger partial charge in [0, 0.05) is 0 Å². The molecule has 6 nitrogen and oxygen atoms in total. The van der Waals surface area contributed by atoms with Crippen molar-refractivity contribution in [2.45, 2.75) is 44.8 Å². The van der Waals surface area contributed by atoms with Crippen LogP contribution in [0.25, 0.3) is 0 Å². The second-order valence-electron chi connectivity index (χ2n) is 3.81. The fourth-order valence-electron chi connectivity index (χ4n) is 1.23. The van der Waals surface area contributed by atoms with E-state index in [4.69, 9.17) is 14.7 Å². The van der Waals surface area contributed by atoms with E-state index in [0.29, 0.717) is 12.8 Å². The molecule has 0 unspecified atom stereocenters. The van der Waals surface area contributed by atoms with Crippen molar-refractivity contribution in [1.29, 1.82) is 0 Å². The van der Waals surface area contributed by atoms with Gasteiger partial charge in [-0.1, -0.05) is 0 Å². The number of amides is 1. The smallest absolute Gasteiger partial charge is 0.431 e. The fraction of sp³-hybridized carbons (Fsp3) is 0.778. The minimum absolute atomic E-state index is 0.268.